The monoisotopic (exact) mass is 351 g/mol. The van der Waals surface area contributed by atoms with E-state index < -0.39 is 0 Å². The van der Waals surface area contributed by atoms with E-state index in [2.05, 4.69) is 20.9 Å². The predicted molar refractivity (Wildman–Crippen MR) is 85.7 cm³/mol. The lowest BCUT2D eigenvalue weighted by atomic mass is 10.1. The molecule has 0 amide bonds. The van der Waals surface area contributed by atoms with Gasteiger partial charge in [0.15, 0.2) is 11.5 Å². The molecule has 5 heteroatoms. The quantitative estimate of drug-likeness (QED) is 0.742. The van der Waals surface area contributed by atoms with Crippen molar-refractivity contribution >= 4 is 15.9 Å². The molecule has 1 aromatic carbocycles. The Kier molecular flexibility index (Phi) is 5.44. The zero-order valence-corrected chi connectivity index (χ0v) is 13.9. The summed E-state index contributed by atoms with van der Waals surface area (Å²) in [5, 5.41) is 0. The Morgan fingerprint density at radius 2 is 1.71 bits per heavy atom. The summed E-state index contributed by atoms with van der Waals surface area (Å²) < 4.78 is 16.1. The molecule has 0 aliphatic heterocycles. The summed E-state index contributed by atoms with van der Waals surface area (Å²) in [5.74, 6) is 1.90. The number of rotatable bonds is 6. The lowest BCUT2D eigenvalue weighted by molar-refractivity contribution is 0.324. The molecule has 1 unspecified atom stereocenters. The molecule has 2 rings (SSSR count). The van der Waals surface area contributed by atoms with Crippen LogP contribution in [0, 0.1) is 0 Å². The van der Waals surface area contributed by atoms with E-state index in [-0.39, 0.29) is 4.83 Å². The van der Waals surface area contributed by atoms with Gasteiger partial charge in [-0.05, 0) is 29.8 Å². The molecule has 0 aliphatic rings. The van der Waals surface area contributed by atoms with Gasteiger partial charge in [-0.15, -0.1) is 0 Å². The molecule has 0 fully saturated rings. The van der Waals surface area contributed by atoms with E-state index in [9.17, 15) is 0 Å². The highest BCUT2D eigenvalue weighted by Crippen LogP contribution is 2.41. The third-order valence-electron chi connectivity index (χ3n) is 3.16. The van der Waals surface area contributed by atoms with E-state index in [1.165, 1.54) is 0 Å². The highest BCUT2D eigenvalue weighted by atomic mass is 79.9. The van der Waals surface area contributed by atoms with Gasteiger partial charge < -0.3 is 14.2 Å². The van der Waals surface area contributed by atoms with Crippen LogP contribution in [0.4, 0.5) is 0 Å². The fraction of sp³-hybridized carbons (Fsp3) is 0.312. The van der Waals surface area contributed by atoms with Gasteiger partial charge in [0.1, 0.15) is 0 Å². The first kappa shape index (κ1) is 15.6. The van der Waals surface area contributed by atoms with Gasteiger partial charge in [0, 0.05) is 23.1 Å². The molecule has 0 spiro atoms. The number of hydrogen-bond acceptors (Lipinski definition) is 4. The second kappa shape index (κ2) is 7.31. The van der Waals surface area contributed by atoms with E-state index >= 15 is 0 Å². The normalized spacial score (nSPS) is 11.8. The number of pyridine rings is 1. The van der Waals surface area contributed by atoms with Crippen LogP contribution < -0.4 is 14.2 Å². The maximum atomic E-state index is 5.38. The van der Waals surface area contributed by atoms with Crippen LogP contribution in [0.15, 0.2) is 36.5 Å². The molecule has 0 radical (unpaired) electrons. The lowest BCUT2D eigenvalue weighted by Crippen LogP contribution is -2.01. The number of methoxy groups -OCH3 is 3. The summed E-state index contributed by atoms with van der Waals surface area (Å²) in [5.41, 5.74) is 2.07. The predicted octanol–water partition coefficient (Wildman–Crippen LogP) is 3.79. The smallest absolute Gasteiger partial charge is 0.203 e. The van der Waals surface area contributed by atoms with Crippen molar-refractivity contribution in [1.82, 2.24) is 4.98 Å². The van der Waals surface area contributed by atoms with E-state index in [0.717, 1.165) is 17.7 Å². The molecule has 2 aromatic rings. The summed E-state index contributed by atoms with van der Waals surface area (Å²) in [6.07, 6.45) is 2.57. The lowest BCUT2D eigenvalue weighted by Gasteiger charge is -2.16. The number of hydrogen-bond donors (Lipinski definition) is 0. The highest BCUT2D eigenvalue weighted by Gasteiger charge is 2.17. The average Bonchev–Trinajstić information content (AvgIpc) is 2.54. The van der Waals surface area contributed by atoms with Crippen molar-refractivity contribution in [2.75, 3.05) is 21.3 Å². The first-order valence-electron chi connectivity index (χ1n) is 6.53. The van der Waals surface area contributed by atoms with Crippen LogP contribution >= 0.6 is 15.9 Å². The average molecular weight is 352 g/mol. The van der Waals surface area contributed by atoms with Crippen LogP contribution in [0.2, 0.25) is 0 Å². The Hall–Kier alpha value is -1.75. The van der Waals surface area contributed by atoms with E-state index in [1.807, 2.05) is 30.3 Å². The molecule has 0 saturated carbocycles. The van der Waals surface area contributed by atoms with Crippen molar-refractivity contribution in [2.24, 2.45) is 0 Å². The second-order valence-electron chi connectivity index (χ2n) is 4.45. The van der Waals surface area contributed by atoms with Gasteiger partial charge >= 0.3 is 0 Å². The van der Waals surface area contributed by atoms with Crippen molar-refractivity contribution in [3.8, 4) is 17.2 Å². The topological polar surface area (TPSA) is 40.6 Å². The summed E-state index contributed by atoms with van der Waals surface area (Å²) in [7, 11) is 4.83. The number of benzene rings is 1. The molecular weight excluding hydrogens is 334 g/mol. The second-order valence-corrected chi connectivity index (χ2v) is 5.56. The van der Waals surface area contributed by atoms with Crippen LogP contribution in [0.3, 0.4) is 0 Å². The van der Waals surface area contributed by atoms with Crippen molar-refractivity contribution in [1.29, 1.82) is 0 Å². The van der Waals surface area contributed by atoms with Crippen LogP contribution in [-0.2, 0) is 6.42 Å². The van der Waals surface area contributed by atoms with E-state index in [4.69, 9.17) is 14.2 Å². The van der Waals surface area contributed by atoms with Crippen molar-refractivity contribution in [3.63, 3.8) is 0 Å². The van der Waals surface area contributed by atoms with Gasteiger partial charge in [-0.1, -0.05) is 22.0 Å². The molecule has 0 N–H and O–H groups in total. The Bertz CT molecular complexity index is 564. The fourth-order valence-corrected chi connectivity index (χ4v) is 2.70. The summed E-state index contributed by atoms with van der Waals surface area (Å²) in [6, 6.07) is 9.79. The van der Waals surface area contributed by atoms with Crippen molar-refractivity contribution in [3.05, 3.63) is 47.8 Å². The molecular formula is C16H18BrNO3. The summed E-state index contributed by atoms with van der Waals surface area (Å²) in [6.45, 7) is 0. The van der Waals surface area contributed by atoms with Gasteiger partial charge in [-0.3, -0.25) is 4.98 Å². The van der Waals surface area contributed by atoms with Crippen molar-refractivity contribution in [2.45, 2.75) is 11.2 Å². The zero-order valence-electron chi connectivity index (χ0n) is 12.3. The minimum atomic E-state index is 0.112. The fourth-order valence-electron chi connectivity index (χ4n) is 2.10. The van der Waals surface area contributed by atoms with E-state index in [0.29, 0.717) is 17.2 Å². The largest absolute Gasteiger partial charge is 0.493 e. The van der Waals surface area contributed by atoms with Gasteiger partial charge in [-0.25, -0.2) is 0 Å². The maximum Gasteiger partial charge on any atom is 0.203 e. The molecule has 21 heavy (non-hydrogen) atoms. The standard InChI is InChI=1S/C16H18BrNO3/c1-19-14-8-11(9-15(20-2)16(14)21-3)13(17)10-12-6-4-5-7-18-12/h4-9,13H,10H2,1-3H3. The van der Waals surface area contributed by atoms with Crippen LogP contribution in [-0.4, -0.2) is 26.3 Å². The van der Waals surface area contributed by atoms with Gasteiger partial charge in [0.05, 0.1) is 21.3 Å². The Labute approximate surface area is 133 Å². The van der Waals surface area contributed by atoms with Crippen LogP contribution in [0.1, 0.15) is 16.1 Å². The number of alkyl halides is 1. The number of nitrogens with zero attached hydrogens (tertiary/aromatic N) is 1. The molecule has 4 nitrogen and oxygen atoms in total. The minimum absolute atomic E-state index is 0.112. The third-order valence-corrected chi connectivity index (χ3v) is 4.02. The van der Waals surface area contributed by atoms with E-state index in [1.54, 1.807) is 27.5 Å². The molecule has 0 saturated heterocycles. The molecule has 1 aromatic heterocycles. The highest BCUT2D eigenvalue weighted by molar-refractivity contribution is 9.09. The Balaban J connectivity index is 2.30. The third kappa shape index (κ3) is 3.67. The maximum absolute atomic E-state index is 5.38. The molecule has 0 aliphatic carbocycles. The van der Waals surface area contributed by atoms with Crippen LogP contribution in [0.25, 0.3) is 0 Å². The number of halogens is 1. The zero-order chi connectivity index (χ0) is 15.2. The minimum Gasteiger partial charge on any atom is -0.493 e. The number of aromatic nitrogens is 1. The molecule has 1 heterocycles. The summed E-state index contributed by atoms with van der Waals surface area (Å²) in [4.78, 5) is 4.46. The molecule has 112 valence electrons. The van der Waals surface area contributed by atoms with Gasteiger partial charge in [-0.2, -0.15) is 0 Å². The SMILES string of the molecule is COc1cc(C(Br)Cc2ccccn2)cc(OC)c1OC. The first-order valence-corrected chi connectivity index (χ1v) is 7.45. The molecule has 1 atom stereocenters. The number of ether oxygens (including phenoxy) is 3. The summed E-state index contributed by atoms with van der Waals surface area (Å²) >= 11 is 3.70. The van der Waals surface area contributed by atoms with Crippen molar-refractivity contribution < 1.29 is 14.2 Å². The van der Waals surface area contributed by atoms with Gasteiger partial charge in [0.25, 0.3) is 0 Å². The first-order chi connectivity index (χ1) is 10.2. The Morgan fingerprint density at radius 3 is 2.19 bits per heavy atom. The molecule has 0 bridgehead atoms. The van der Waals surface area contributed by atoms with Crippen LogP contribution in [0.5, 0.6) is 17.2 Å². The van der Waals surface area contributed by atoms with Gasteiger partial charge in [0.2, 0.25) is 5.75 Å². The Morgan fingerprint density at radius 1 is 1.05 bits per heavy atom.